The van der Waals surface area contributed by atoms with E-state index in [1.54, 1.807) is 48.5 Å². The lowest BCUT2D eigenvalue weighted by molar-refractivity contribution is -0.119. The number of aliphatic hydroxyl groups excluding tert-OH is 1. The molecule has 0 radical (unpaired) electrons. The van der Waals surface area contributed by atoms with E-state index in [9.17, 15) is 14.7 Å². The number of carbonyl (C=O) groups is 2. The molecule has 1 heterocycles. The molecule has 7 heteroatoms. The van der Waals surface area contributed by atoms with Crippen molar-refractivity contribution in [3.05, 3.63) is 59.1 Å². The maximum absolute atomic E-state index is 12.7. The fourth-order valence-electron chi connectivity index (χ4n) is 2.86. The minimum Gasteiger partial charge on any atom is -0.410 e. The number of β-amino-alcohol motifs (C(OH)–C–C–N with tert-alkyl or cyclic N) is 1. The normalized spacial score (nSPS) is 19.3. The molecule has 1 fully saturated rings. The molecule has 26 heavy (non-hydrogen) atoms. The molecule has 0 unspecified atom stereocenters. The molecule has 3 rings (SSSR count). The highest BCUT2D eigenvalue weighted by molar-refractivity contribution is 6.31. The number of nitrogens with one attached hydrogen (secondary N) is 1. The molecular formula is C19H19ClN2O4. The molecule has 0 saturated carbocycles. The van der Waals surface area contributed by atoms with Gasteiger partial charge < -0.3 is 15.2 Å². The Hall–Kier alpha value is -2.57. The number of anilines is 1. The van der Waals surface area contributed by atoms with Gasteiger partial charge in [-0.15, -0.1) is 0 Å². The van der Waals surface area contributed by atoms with Crippen LogP contribution < -0.4 is 10.1 Å². The predicted molar refractivity (Wildman–Crippen MR) is 98.4 cm³/mol. The Morgan fingerprint density at radius 3 is 2.69 bits per heavy atom. The average Bonchev–Trinajstić information content (AvgIpc) is 3.01. The van der Waals surface area contributed by atoms with Crippen molar-refractivity contribution in [3.8, 4) is 5.75 Å². The van der Waals surface area contributed by atoms with Crippen molar-refractivity contribution in [2.45, 2.75) is 25.5 Å². The zero-order valence-electron chi connectivity index (χ0n) is 14.2. The van der Waals surface area contributed by atoms with Gasteiger partial charge >= 0.3 is 6.09 Å². The number of hydrogen-bond donors (Lipinski definition) is 2. The van der Waals surface area contributed by atoms with E-state index >= 15 is 0 Å². The lowest BCUT2D eigenvalue weighted by Crippen LogP contribution is -2.44. The van der Waals surface area contributed by atoms with Crippen LogP contribution in [0.1, 0.15) is 12.0 Å². The van der Waals surface area contributed by atoms with Gasteiger partial charge in [0.1, 0.15) is 11.8 Å². The van der Waals surface area contributed by atoms with Crippen molar-refractivity contribution in [1.82, 2.24) is 4.90 Å². The Morgan fingerprint density at radius 2 is 1.96 bits per heavy atom. The van der Waals surface area contributed by atoms with E-state index in [4.69, 9.17) is 16.3 Å². The number of aliphatic hydroxyl groups is 1. The van der Waals surface area contributed by atoms with Crippen LogP contribution in [0.3, 0.4) is 0 Å². The first-order chi connectivity index (χ1) is 12.4. The zero-order valence-corrected chi connectivity index (χ0v) is 14.9. The molecule has 0 aromatic heterocycles. The van der Waals surface area contributed by atoms with Crippen LogP contribution in [0.2, 0.25) is 5.02 Å². The van der Waals surface area contributed by atoms with Crippen molar-refractivity contribution < 1.29 is 19.4 Å². The molecule has 2 aromatic rings. The number of aryl methyl sites for hydroxylation is 1. The summed E-state index contributed by atoms with van der Waals surface area (Å²) in [4.78, 5) is 26.4. The van der Waals surface area contributed by atoms with E-state index in [1.165, 1.54) is 4.90 Å². The molecule has 0 aliphatic carbocycles. The van der Waals surface area contributed by atoms with Crippen LogP contribution in [0.4, 0.5) is 10.5 Å². The van der Waals surface area contributed by atoms with Gasteiger partial charge in [-0.25, -0.2) is 4.79 Å². The monoisotopic (exact) mass is 374 g/mol. The summed E-state index contributed by atoms with van der Waals surface area (Å²) in [6.07, 6.45) is -1.31. The summed E-state index contributed by atoms with van der Waals surface area (Å²) in [5, 5.41) is 13.2. The topological polar surface area (TPSA) is 78.9 Å². The molecular weight excluding hydrogens is 356 g/mol. The van der Waals surface area contributed by atoms with Gasteiger partial charge in [-0.3, -0.25) is 9.69 Å². The smallest absolute Gasteiger partial charge is 0.410 e. The second-order valence-electron chi connectivity index (χ2n) is 6.19. The van der Waals surface area contributed by atoms with Gasteiger partial charge in [-0.2, -0.15) is 0 Å². The molecule has 0 bridgehead atoms. The lowest BCUT2D eigenvalue weighted by Gasteiger charge is -2.23. The minimum atomic E-state index is -0.820. The van der Waals surface area contributed by atoms with E-state index in [-0.39, 0.29) is 13.0 Å². The van der Waals surface area contributed by atoms with Crippen molar-refractivity contribution >= 4 is 29.3 Å². The van der Waals surface area contributed by atoms with E-state index in [0.717, 1.165) is 5.56 Å². The van der Waals surface area contributed by atoms with Crippen LogP contribution >= 0.6 is 11.6 Å². The molecule has 2 N–H and O–H groups in total. The minimum absolute atomic E-state index is 0.0400. The summed E-state index contributed by atoms with van der Waals surface area (Å²) in [6.45, 7) is 1.88. The van der Waals surface area contributed by atoms with Crippen LogP contribution in [-0.2, 0) is 4.79 Å². The second-order valence-corrected chi connectivity index (χ2v) is 6.62. The maximum Gasteiger partial charge on any atom is 0.416 e. The number of amides is 2. The summed E-state index contributed by atoms with van der Waals surface area (Å²) < 4.78 is 5.29. The number of likely N-dealkylation sites (tertiary alicyclic amines) is 1. The number of hydrogen-bond acceptors (Lipinski definition) is 4. The Bertz CT molecular complexity index is 812. The number of nitrogens with zero attached hydrogens (tertiary/aromatic N) is 1. The van der Waals surface area contributed by atoms with Crippen molar-refractivity contribution in [2.75, 3.05) is 11.9 Å². The summed E-state index contributed by atoms with van der Waals surface area (Å²) in [5.74, 6) is -0.0133. The van der Waals surface area contributed by atoms with Crippen LogP contribution in [0, 0.1) is 6.92 Å². The molecule has 1 aliphatic heterocycles. The third-order valence-electron chi connectivity index (χ3n) is 4.22. The summed E-state index contributed by atoms with van der Waals surface area (Å²) >= 11 is 5.98. The van der Waals surface area contributed by atoms with E-state index in [1.807, 2.05) is 6.92 Å². The van der Waals surface area contributed by atoms with Gasteiger partial charge in [-0.05, 0) is 36.8 Å². The van der Waals surface area contributed by atoms with E-state index < -0.39 is 24.1 Å². The van der Waals surface area contributed by atoms with E-state index in [0.29, 0.717) is 16.5 Å². The second kappa shape index (κ2) is 7.76. The van der Waals surface area contributed by atoms with Crippen molar-refractivity contribution in [2.24, 2.45) is 0 Å². The number of benzene rings is 2. The number of halogens is 1. The Labute approximate surface area is 156 Å². The highest BCUT2D eigenvalue weighted by atomic mass is 35.5. The van der Waals surface area contributed by atoms with Crippen LogP contribution in [0.5, 0.6) is 5.75 Å². The fourth-order valence-corrected chi connectivity index (χ4v) is 3.03. The number of carbonyl (C=O) groups excluding carboxylic acids is 2. The van der Waals surface area contributed by atoms with Crippen molar-refractivity contribution in [3.63, 3.8) is 0 Å². The number of ether oxygens (including phenoxy) is 1. The van der Waals surface area contributed by atoms with Crippen LogP contribution in [0.25, 0.3) is 0 Å². The fraction of sp³-hybridized carbons (Fsp3) is 0.263. The summed E-state index contributed by atoms with van der Waals surface area (Å²) in [5.41, 5.74) is 1.42. The molecule has 2 aromatic carbocycles. The third-order valence-corrected chi connectivity index (χ3v) is 4.46. The largest absolute Gasteiger partial charge is 0.416 e. The first-order valence-corrected chi connectivity index (χ1v) is 8.60. The van der Waals surface area contributed by atoms with Crippen LogP contribution in [-0.4, -0.2) is 40.7 Å². The molecule has 2 amide bonds. The predicted octanol–water partition coefficient (Wildman–Crippen LogP) is 3.22. The Morgan fingerprint density at radius 1 is 1.23 bits per heavy atom. The highest BCUT2D eigenvalue weighted by Crippen LogP contribution is 2.24. The summed E-state index contributed by atoms with van der Waals surface area (Å²) in [6, 6.07) is 12.9. The molecule has 136 valence electrons. The Balaban J connectivity index is 1.73. The molecule has 0 spiro atoms. The average molecular weight is 375 g/mol. The van der Waals surface area contributed by atoms with Gasteiger partial charge in [0.25, 0.3) is 0 Å². The van der Waals surface area contributed by atoms with Gasteiger partial charge in [-0.1, -0.05) is 35.9 Å². The SMILES string of the molecule is Cc1ccc(Cl)cc1NC(=O)[C@@H]1C[C@H](O)CN1C(=O)Oc1ccccc1. The first kappa shape index (κ1) is 18.2. The van der Waals surface area contributed by atoms with Gasteiger partial charge in [0.05, 0.1) is 12.6 Å². The maximum atomic E-state index is 12.7. The third kappa shape index (κ3) is 4.15. The standard InChI is InChI=1S/C19H19ClN2O4/c1-12-7-8-13(20)9-16(12)21-18(24)17-10-14(23)11-22(17)19(25)26-15-5-3-2-4-6-15/h2-9,14,17,23H,10-11H2,1H3,(H,21,24)/t14-,17-/m0/s1. The zero-order chi connectivity index (χ0) is 18.7. The van der Waals surface area contributed by atoms with E-state index in [2.05, 4.69) is 5.32 Å². The van der Waals surface area contributed by atoms with Gasteiger partial charge in [0.2, 0.25) is 5.91 Å². The number of rotatable bonds is 3. The number of para-hydroxylation sites is 1. The Kier molecular flexibility index (Phi) is 5.44. The summed E-state index contributed by atoms with van der Waals surface area (Å²) in [7, 11) is 0. The van der Waals surface area contributed by atoms with Crippen LogP contribution in [0.15, 0.2) is 48.5 Å². The van der Waals surface area contributed by atoms with Gasteiger partial charge in [0, 0.05) is 17.1 Å². The quantitative estimate of drug-likeness (QED) is 0.864. The van der Waals surface area contributed by atoms with Gasteiger partial charge in [0.15, 0.2) is 0 Å². The molecule has 2 atom stereocenters. The van der Waals surface area contributed by atoms with Crippen molar-refractivity contribution in [1.29, 1.82) is 0 Å². The molecule has 6 nitrogen and oxygen atoms in total. The lowest BCUT2D eigenvalue weighted by atomic mass is 10.1. The molecule has 1 saturated heterocycles. The first-order valence-electron chi connectivity index (χ1n) is 8.22. The highest BCUT2D eigenvalue weighted by Gasteiger charge is 2.40. The molecule has 1 aliphatic rings.